The Morgan fingerprint density at radius 2 is 0.375 bits per heavy atom. The molecule has 0 amide bonds. The average Bonchev–Trinajstić information content (AvgIpc) is 0. The first-order valence-corrected chi connectivity index (χ1v) is 0. The Balaban J connectivity index is 0. The van der Waals surface area contributed by atoms with Gasteiger partial charge in [-0.3, -0.25) is 0 Å². The van der Waals surface area contributed by atoms with Gasteiger partial charge in [-0.2, -0.15) is 0 Å². The van der Waals surface area contributed by atoms with Gasteiger partial charge in [0, 0.05) is 26.2 Å². The first kappa shape index (κ1) is 62.4. The van der Waals surface area contributed by atoms with Crippen molar-refractivity contribution in [3.05, 3.63) is 0 Å². The molecule has 0 fully saturated rings. The van der Waals surface area contributed by atoms with Gasteiger partial charge in [-0.15, -0.1) is 0 Å². The van der Waals surface area contributed by atoms with Gasteiger partial charge in [-0.25, -0.2) is 0 Å². The second kappa shape index (κ2) is 49.8. The maximum Gasteiger partial charge on any atom is 1.00 e. The van der Waals surface area contributed by atoms with E-state index in [1.807, 2.05) is 0 Å². The molecule has 8 heteroatoms. The molecule has 0 aliphatic rings. The van der Waals surface area contributed by atoms with Crippen LogP contribution in [-0.4, -0.2) is 26.2 Å². The van der Waals surface area contributed by atoms with Crippen LogP contribution in [0, 0.1) is 0 Å². The van der Waals surface area contributed by atoms with Crippen molar-refractivity contribution in [2.24, 2.45) is 0 Å². The molecule has 45 valence electrons. The van der Waals surface area contributed by atoms with Gasteiger partial charge in [-0.05, 0) is 0 Å². The molecule has 0 bridgehead atoms. The Labute approximate surface area is 199 Å². The summed E-state index contributed by atoms with van der Waals surface area (Å²) < 4.78 is 0. The fraction of sp³-hybridized carbons (Fsp3) is 0. The molecule has 0 unspecified atom stereocenters. The molecule has 0 spiro atoms. The predicted molar refractivity (Wildman–Crippen MR) is 5.75 cm³/mol. The molecule has 0 atom stereocenters. The van der Waals surface area contributed by atoms with E-state index in [2.05, 4.69) is 0 Å². The van der Waals surface area contributed by atoms with E-state index in [1.165, 1.54) is 0 Å². The molecular weight excluding hydrogens is 889 g/mol. The number of hydrogen-bond donors (Lipinski definition) is 0. The van der Waals surface area contributed by atoms with Gasteiger partial charge >= 0.3 is 59.1 Å². The zero-order valence-corrected chi connectivity index (χ0v) is 22.6. The van der Waals surface area contributed by atoms with E-state index in [0.29, 0.717) is 0 Å². The zero-order chi connectivity index (χ0) is 0. The summed E-state index contributed by atoms with van der Waals surface area (Å²) >= 11 is 0. The number of halogens is 5. The monoisotopic (exact) mass is 889 g/mol. The van der Waals surface area contributed by atoms with Crippen molar-refractivity contribution in [3.8, 4) is 0 Å². The van der Waals surface area contributed by atoms with Crippen LogP contribution in [0.1, 0.15) is 0 Å². The van der Waals surface area contributed by atoms with Crippen LogP contribution in [0.15, 0.2) is 0 Å². The third kappa shape index (κ3) is 39.1. The van der Waals surface area contributed by atoms with Gasteiger partial charge < -0.3 is 120 Å². The molecule has 0 N–H and O–H groups in total. The molecule has 0 aliphatic heterocycles. The largest absolute Gasteiger partial charge is 1.00 e. The van der Waals surface area contributed by atoms with Gasteiger partial charge in [-0.1, -0.05) is 0 Å². The second-order valence-corrected chi connectivity index (χ2v) is 0. The summed E-state index contributed by atoms with van der Waals surface area (Å²) in [6.45, 7) is 0. The first-order valence-electron chi connectivity index (χ1n) is 0. The van der Waals surface area contributed by atoms with Gasteiger partial charge in [0.25, 0.3) is 0 Å². The van der Waals surface area contributed by atoms with Crippen molar-refractivity contribution in [2.45, 2.75) is 0 Å². The molecule has 0 nitrogen and oxygen atoms in total. The Hall–Kier alpha value is 6.53. The predicted octanol–water partition coefficient (Wildman–Crippen LogP) is -21.4. The van der Waals surface area contributed by atoms with Crippen LogP contribution in [-0.2, 0) is 0 Å². The van der Waals surface area contributed by atoms with Crippen molar-refractivity contribution in [1.82, 2.24) is 0 Å². The Morgan fingerprint density at radius 3 is 0.375 bits per heavy atom. The van der Waals surface area contributed by atoms with Crippen molar-refractivity contribution >= 4 is 26.2 Å². The molecule has 3 radical (unpaired) electrons. The molecule has 0 heterocycles. The second-order valence-electron chi connectivity index (χ2n) is 0. The van der Waals surface area contributed by atoms with Crippen LogP contribution in [0.2, 0.25) is 0 Å². The average molecular weight is 889 g/mol. The van der Waals surface area contributed by atoms with E-state index in [4.69, 9.17) is 0 Å². The standard InChI is InChI=1S/Bi.5HI.2Na/h;5*1H;;/q;;;;;;2*+1/p-5. The maximum absolute atomic E-state index is 0. The Kier molecular flexibility index (Phi) is 388. The summed E-state index contributed by atoms with van der Waals surface area (Å²) in [4.78, 5) is 0. The molecule has 0 saturated heterocycles. The molecule has 0 saturated carbocycles. The summed E-state index contributed by atoms with van der Waals surface area (Å²) in [7, 11) is 0. The molecule has 0 aliphatic carbocycles. The van der Waals surface area contributed by atoms with Crippen LogP contribution in [0.3, 0.4) is 0 Å². The zero-order valence-electron chi connectivity index (χ0n) is 4.34. The van der Waals surface area contributed by atoms with Gasteiger partial charge in [0.15, 0.2) is 0 Å². The van der Waals surface area contributed by atoms with Crippen LogP contribution in [0.5, 0.6) is 0 Å². The van der Waals surface area contributed by atoms with Crippen molar-refractivity contribution in [1.29, 1.82) is 0 Å². The molecular formula is BiI5Na2-3. The Morgan fingerprint density at radius 1 is 0.375 bits per heavy atom. The summed E-state index contributed by atoms with van der Waals surface area (Å²) in [5.74, 6) is 0. The minimum atomic E-state index is 0. The fourth-order valence-corrected chi connectivity index (χ4v) is 0. The molecule has 0 rings (SSSR count). The first-order chi connectivity index (χ1) is 0. The van der Waals surface area contributed by atoms with Crippen molar-refractivity contribution in [3.63, 3.8) is 0 Å². The van der Waals surface area contributed by atoms with E-state index >= 15 is 0 Å². The van der Waals surface area contributed by atoms with E-state index in [-0.39, 0.29) is 205 Å². The van der Waals surface area contributed by atoms with Crippen LogP contribution in [0.25, 0.3) is 0 Å². The summed E-state index contributed by atoms with van der Waals surface area (Å²) in [5.41, 5.74) is 0. The maximum atomic E-state index is 0. The Bertz CT molecular complexity index is 10.4. The molecule has 0 aromatic carbocycles. The topological polar surface area (TPSA) is 0 Å². The number of rotatable bonds is 0. The smallest absolute Gasteiger partial charge is 1.00 e. The van der Waals surface area contributed by atoms with E-state index < -0.39 is 0 Å². The fourth-order valence-electron chi connectivity index (χ4n) is 0. The van der Waals surface area contributed by atoms with Crippen LogP contribution in [0.4, 0.5) is 0 Å². The number of hydrogen-bond acceptors (Lipinski definition) is 0. The molecule has 0 aromatic heterocycles. The normalized spacial score (nSPS) is 0. The van der Waals surface area contributed by atoms with E-state index in [9.17, 15) is 0 Å². The van der Waals surface area contributed by atoms with Gasteiger partial charge in [0.2, 0.25) is 0 Å². The quantitative estimate of drug-likeness (QED) is 0.168. The summed E-state index contributed by atoms with van der Waals surface area (Å²) in [5, 5.41) is 0. The van der Waals surface area contributed by atoms with E-state index in [0.717, 1.165) is 0 Å². The third-order valence-electron chi connectivity index (χ3n) is 0. The van der Waals surface area contributed by atoms with Gasteiger partial charge in [0.1, 0.15) is 0 Å². The SMILES string of the molecule is [Bi].[I-].[I-].[I-].[I-].[I-].[Na+].[Na+]. The van der Waals surface area contributed by atoms with E-state index in [1.54, 1.807) is 0 Å². The minimum Gasteiger partial charge on any atom is -1.00 e. The molecule has 8 heavy (non-hydrogen) atoms. The minimum absolute atomic E-state index is 0. The molecule has 0 aromatic rings. The van der Waals surface area contributed by atoms with Gasteiger partial charge in [0.05, 0.1) is 0 Å². The summed E-state index contributed by atoms with van der Waals surface area (Å²) in [6.07, 6.45) is 0. The van der Waals surface area contributed by atoms with Crippen LogP contribution < -0.4 is 179 Å². The summed E-state index contributed by atoms with van der Waals surface area (Å²) in [6, 6.07) is 0. The third-order valence-corrected chi connectivity index (χ3v) is 0. The van der Waals surface area contributed by atoms with Crippen LogP contribution >= 0.6 is 0 Å². The van der Waals surface area contributed by atoms with Crippen molar-refractivity contribution in [2.75, 3.05) is 0 Å². The van der Waals surface area contributed by atoms with Crippen molar-refractivity contribution < 1.29 is 179 Å².